The van der Waals surface area contributed by atoms with Gasteiger partial charge in [-0.1, -0.05) is 20.8 Å². The molecule has 0 aliphatic carbocycles. The van der Waals surface area contributed by atoms with Gasteiger partial charge in [0, 0.05) is 42.9 Å². The Hall–Kier alpha value is -2.02. The molecule has 0 radical (unpaired) electrons. The molecule has 2 aromatic rings. The van der Waals surface area contributed by atoms with Crippen molar-refractivity contribution in [1.29, 1.82) is 0 Å². The summed E-state index contributed by atoms with van der Waals surface area (Å²) in [4.78, 5) is 8.74. The van der Waals surface area contributed by atoms with E-state index in [1.54, 1.807) is 18.4 Å². The highest BCUT2D eigenvalue weighted by atomic mass is 32.1. The number of rotatable bonds is 5. The third-order valence-corrected chi connectivity index (χ3v) is 4.54. The molecular weight excluding hydrogens is 342 g/mol. The molecule has 0 amide bonds. The largest absolute Gasteiger partial charge is 0.356 e. The van der Waals surface area contributed by atoms with Crippen LogP contribution in [0.25, 0.3) is 0 Å². The molecule has 7 heteroatoms. The minimum Gasteiger partial charge on any atom is -0.356 e. The normalized spacial score (nSPS) is 12.3. The van der Waals surface area contributed by atoms with Crippen molar-refractivity contribution in [2.45, 2.75) is 39.2 Å². The van der Waals surface area contributed by atoms with Gasteiger partial charge in [-0.15, -0.1) is 11.3 Å². The van der Waals surface area contributed by atoms with E-state index in [2.05, 4.69) is 46.8 Å². The van der Waals surface area contributed by atoms with Crippen LogP contribution in [-0.4, -0.2) is 24.5 Å². The van der Waals surface area contributed by atoms with E-state index in [0.29, 0.717) is 12.5 Å². The van der Waals surface area contributed by atoms with Gasteiger partial charge in [-0.05, 0) is 18.2 Å². The third-order valence-electron chi connectivity index (χ3n) is 3.63. The van der Waals surface area contributed by atoms with Gasteiger partial charge in [0.05, 0.1) is 10.7 Å². The van der Waals surface area contributed by atoms with Crippen LogP contribution in [0, 0.1) is 11.6 Å². The van der Waals surface area contributed by atoms with E-state index in [4.69, 9.17) is 0 Å². The van der Waals surface area contributed by atoms with E-state index in [1.165, 1.54) is 6.07 Å². The predicted molar refractivity (Wildman–Crippen MR) is 99.1 cm³/mol. The van der Waals surface area contributed by atoms with Crippen LogP contribution in [0.4, 0.5) is 8.78 Å². The van der Waals surface area contributed by atoms with Gasteiger partial charge in [-0.2, -0.15) is 0 Å². The summed E-state index contributed by atoms with van der Waals surface area (Å²) in [6, 6.07) is 3.41. The molecule has 2 N–H and O–H groups in total. The molecule has 0 saturated carbocycles. The van der Waals surface area contributed by atoms with Crippen LogP contribution in [0.5, 0.6) is 0 Å². The fraction of sp³-hybridized carbons (Fsp3) is 0.444. The average molecular weight is 366 g/mol. The number of benzene rings is 1. The Morgan fingerprint density at radius 2 is 2.00 bits per heavy atom. The standard InChI is InChI=1S/C18H24F2N4S/c1-18(2,3)15-11-25-16(24-15)7-8-22-17(21-4)23-10-12-9-13(19)5-6-14(12)20/h5-6,9,11H,7-8,10H2,1-4H3,(H2,21,22,23). The van der Waals surface area contributed by atoms with Crippen molar-refractivity contribution in [3.8, 4) is 0 Å². The first-order chi connectivity index (χ1) is 11.8. The van der Waals surface area contributed by atoms with Crippen molar-refractivity contribution < 1.29 is 8.78 Å². The van der Waals surface area contributed by atoms with Crippen molar-refractivity contribution >= 4 is 17.3 Å². The first kappa shape index (κ1) is 19.3. The summed E-state index contributed by atoms with van der Waals surface area (Å²) in [7, 11) is 1.64. The minimum absolute atomic E-state index is 0.0504. The van der Waals surface area contributed by atoms with Crippen molar-refractivity contribution in [3.63, 3.8) is 0 Å². The number of guanidine groups is 1. The van der Waals surface area contributed by atoms with Crippen LogP contribution in [-0.2, 0) is 18.4 Å². The molecule has 0 aliphatic heterocycles. The highest BCUT2D eigenvalue weighted by Crippen LogP contribution is 2.23. The van der Waals surface area contributed by atoms with Crippen molar-refractivity contribution in [2.75, 3.05) is 13.6 Å². The lowest BCUT2D eigenvalue weighted by Crippen LogP contribution is -2.38. The summed E-state index contributed by atoms with van der Waals surface area (Å²) in [6.45, 7) is 7.24. The number of hydrogen-bond donors (Lipinski definition) is 2. The topological polar surface area (TPSA) is 49.3 Å². The number of nitrogens with zero attached hydrogens (tertiary/aromatic N) is 2. The monoisotopic (exact) mass is 366 g/mol. The minimum atomic E-state index is -0.459. The summed E-state index contributed by atoms with van der Waals surface area (Å²) in [5.41, 5.74) is 1.41. The molecule has 2 rings (SSSR count). The van der Waals surface area contributed by atoms with Gasteiger partial charge in [0.15, 0.2) is 5.96 Å². The fourth-order valence-electron chi connectivity index (χ4n) is 2.14. The van der Waals surface area contributed by atoms with Crippen molar-refractivity contribution in [3.05, 3.63) is 51.5 Å². The molecule has 0 bridgehead atoms. The lowest BCUT2D eigenvalue weighted by molar-refractivity contribution is 0.570. The van der Waals surface area contributed by atoms with Gasteiger partial charge in [0.1, 0.15) is 11.6 Å². The van der Waals surface area contributed by atoms with Gasteiger partial charge in [0.2, 0.25) is 0 Å². The van der Waals surface area contributed by atoms with Crippen LogP contribution in [0.2, 0.25) is 0 Å². The molecule has 0 saturated heterocycles. The van der Waals surface area contributed by atoms with Crippen LogP contribution >= 0.6 is 11.3 Å². The van der Waals surface area contributed by atoms with Gasteiger partial charge in [0.25, 0.3) is 0 Å². The summed E-state index contributed by atoms with van der Waals surface area (Å²) in [5, 5.41) is 9.30. The molecule has 1 aromatic carbocycles. The van der Waals surface area contributed by atoms with Crippen molar-refractivity contribution in [1.82, 2.24) is 15.6 Å². The molecule has 0 spiro atoms. The van der Waals surface area contributed by atoms with E-state index in [9.17, 15) is 8.78 Å². The van der Waals surface area contributed by atoms with Gasteiger partial charge in [-0.25, -0.2) is 13.8 Å². The van der Waals surface area contributed by atoms with Crippen molar-refractivity contribution in [2.24, 2.45) is 4.99 Å². The molecule has 4 nitrogen and oxygen atoms in total. The van der Waals surface area contributed by atoms with E-state index in [1.807, 2.05) is 0 Å². The Kier molecular flexibility index (Phi) is 6.47. The number of halogens is 2. The summed E-state index contributed by atoms with van der Waals surface area (Å²) >= 11 is 1.65. The van der Waals surface area contributed by atoms with Crippen LogP contribution < -0.4 is 10.6 Å². The molecule has 0 unspecified atom stereocenters. The van der Waals surface area contributed by atoms with Gasteiger partial charge >= 0.3 is 0 Å². The van der Waals surface area contributed by atoms with E-state index in [-0.39, 0.29) is 17.5 Å². The van der Waals surface area contributed by atoms with E-state index in [0.717, 1.165) is 29.3 Å². The Balaban J connectivity index is 1.82. The van der Waals surface area contributed by atoms with Crippen LogP contribution in [0.3, 0.4) is 0 Å². The Morgan fingerprint density at radius 1 is 1.24 bits per heavy atom. The van der Waals surface area contributed by atoms with Crippen LogP contribution in [0.15, 0.2) is 28.6 Å². The number of aromatic nitrogens is 1. The first-order valence-corrected chi connectivity index (χ1v) is 9.01. The highest BCUT2D eigenvalue weighted by Gasteiger charge is 2.17. The lowest BCUT2D eigenvalue weighted by atomic mass is 9.93. The maximum Gasteiger partial charge on any atom is 0.191 e. The Bertz CT molecular complexity index is 735. The fourth-order valence-corrected chi connectivity index (χ4v) is 3.16. The Labute approximate surface area is 151 Å². The third kappa shape index (κ3) is 5.77. The zero-order valence-corrected chi connectivity index (χ0v) is 15.8. The lowest BCUT2D eigenvalue weighted by Gasteiger charge is -2.14. The number of hydrogen-bond acceptors (Lipinski definition) is 3. The second-order valence-electron chi connectivity index (χ2n) is 6.71. The second kappa shape index (κ2) is 8.38. The molecule has 0 atom stereocenters. The number of thiazole rings is 1. The maximum absolute atomic E-state index is 13.6. The molecule has 1 aromatic heterocycles. The molecular formula is C18H24F2N4S. The zero-order valence-electron chi connectivity index (χ0n) is 15.0. The first-order valence-electron chi connectivity index (χ1n) is 8.13. The van der Waals surface area contributed by atoms with Crippen LogP contribution in [0.1, 0.15) is 37.0 Å². The zero-order chi connectivity index (χ0) is 18.4. The second-order valence-corrected chi connectivity index (χ2v) is 7.66. The molecule has 136 valence electrons. The molecule has 0 aliphatic rings. The smallest absolute Gasteiger partial charge is 0.191 e. The van der Waals surface area contributed by atoms with E-state index < -0.39 is 11.6 Å². The number of aliphatic imine (C=N–C) groups is 1. The Morgan fingerprint density at radius 3 is 2.64 bits per heavy atom. The molecule has 25 heavy (non-hydrogen) atoms. The SMILES string of the molecule is CN=C(NCCc1nc(C(C)(C)C)cs1)NCc1cc(F)ccc1F. The summed E-state index contributed by atoms with van der Waals surface area (Å²) in [6.07, 6.45) is 0.774. The quantitative estimate of drug-likeness (QED) is 0.628. The van der Waals surface area contributed by atoms with Gasteiger partial charge in [-0.3, -0.25) is 4.99 Å². The molecule has 0 fully saturated rings. The average Bonchev–Trinajstić information content (AvgIpc) is 3.03. The number of nitrogens with one attached hydrogen (secondary N) is 2. The van der Waals surface area contributed by atoms with Gasteiger partial charge < -0.3 is 10.6 Å². The predicted octanol–water partition coefficient (Wildman–Crippen LogP) is 3.63. The highest BCUT2D eigenvalue weighted by molar-refractivity contribution is 7.09. The maximum atomic E-state index is 13.6. The molecule has 1 heterocycles. The summed E-state index contributed by atoms with van der Waals surface area (Å²) < 4.78 is 26.8. The summed E-state index contributed by atoms with van der Waals surface area (Å²) in [5.74, 6) is -0.363. The van der Waals surface area contributed by atoms with E-state index >= 15 is 0 Å².